The summed E-state index contributed by atoms with van der Waals surface area (Å²) in [5.41, 5.74) is 0. The van der Waals surface area contributed by atoms with Crippen LogP contribution in [-0.4, -0.2) is 28.4 Å². The highest BCUT2D eigenvalue weighted by molar-refractivity contribution is 7.10. The Morgan fingerprint density at radius 2 is 2.20 bits per heavy atom. The summed E-state index contributed by atoms with van der Waals surface area (Å²) in [7, 11) is 0. The molecule has 0 bridgehead atoms. The molecule has 1 amide bonds. The Labute approximate surface area is 127 Å². The first kappa shape index (κ1) is 13.8. The molecule has 2 aromatic rings. The van der Waals surface area contributed by atoms with Gasteiger partial charge in [-0.1, -0.05) is 6.07 Å². The van der Waals surface area contributed by atoms with Crippen molar-refractivity contribution >= 4 is 28.6 Å². The minimum Gasteiger partial charge on any atom is -0.339 e. The van der Waals surface area contributed by atoms with Crippen LogP contribution in [0.2, 0.25) is 0 Å². The SMILES string of the molecule is O=C(CCc1cccs1)N(CCc1nccs1)C1CC1. The van der Waals surface area contributed by atoms with Crippen molar-refractivity contribution in [1.29, 1.82) is 0 Å². The first-order chi connectivity index (χ1) is 9.83. The van der Waals surface area contributed by atoms with Crippen LogP contribution in [-0.2, 0) is 17.6 Å². The van der Waals surface area contributed by atoms with Crippen molar-refractivity contribution in [2.24, 2.45) is 0 Å². The number of rotatable bonds is 7. The first-order valence-electron chi connectivity index (χ1n) is 7.03. The Hall–Kier alpha value is -1.20. The van der Waals surface area contributed by atoms with E-state index >= 15 is 0 Å². The summed E-state index contributed by atoms with van der Waals surface area (Å²) in [6, 6.07) is 4.64. The first-order valence-corrected chi connectivity index (χ1v) is 8.79. The van der Waals surface area contributed by atoms with Crippen LogP contribution in [0, 0.1) is 0 Å². The summed E-state index contributed by atoms with van der Waals surface area (Å²) in [6.07, 6.45) is 6.57. The number of hydrogen-bond acceptors (Lipinski definition) is 4. The van der Waals surface area contributed by atoms with E-state index in [2.05, 4.69) is 21.3 Å². The zero-order valence-electron chi connectivity index (χ0n) is 11.3. The second-order valence-electron chi connectivity index (χ2n) is 5.07. The number of nitrogens with zero attached hydrogens (tertiary/aromatic N) is 2. The highest BCUT2D eigenvalue weighted by atomic mass is 32.1. The van der Waals surface area contributed by atoms with E-state index in [-0.39, 0.29) is 0 Å². The molecule has 0 spiro atoms. The highest BCUT2D eigenvalue weighted by Crippen LogP contribution is 2.28. The molecule has 5 heteroatoms. The summed E-state index contributed by atoms with van der Waals surface area (Å²) in [4.78, 5) is 20.1. The fourth-order valence-corrected chi connectivity index (χ4v) is 3.64. The summed E-state index contributed by atoms with van der Waals surface area (Å²) >= 11 is 3.41. The standard InChI is InChI=1S/C15H18N2OS2/c18-15(6-5-13-2-1-10-19-13)17(12-3-4-12)9-7-14-16-8-11-20-14/h1-2,8,10-12H,3-7,9H2. The van der Waals surface area contributed by atoms with E-state index in [4.69, 9.17) is 0 Å². The number of amides is 1. The van der Waals surface area contributed by atoms with Crippen molar-refractivity contribution in [3.8, 4) is 0 Å². The second kappa shape index (κ2) is 6.50. The molecule has 20 heavy (non-hydrogen) atoms. The zero-order chi connectivity index (χ0) is 13.8. The van der Waals surface area contributed by atoms with Gasteiger partial charge in [0.25, 0.3) is 0 Å². The van der Waals surface area contributed by atoms with Crippen LogP contribution in [0.1, 0.15) is 29.1 Å². The van der Waals surface area contributed by atoms with Gasteiger partial charge in [0.2, 0.25) is 5.91 Å². The van der Waals surface area contributed by atoms with Gasteiger partial charge >= 0.3 is 0 Å². The lowest BCUT2D eigenvalue weighted by Gasteiger charge is -2.22. The van der Waals surface area contributed by atoms with Gasteiger partial charge in [-0.25, -0.2) is 4.98 Å². The van der Waals surface area contributed by atoms with Gasteiger partial charge in [0.05, 0.1) is 5.01 Å². The normalized spacial score (nSPS) is 14.4. The molecule has 1 aliphatic carbocycles. The van der Waals surface area contributed by atoms with Crippen molar-refractivity contribution in [2.45, 2.75) is 38.1 Å². The number of thiazole rings is 1. The van der Waals surface area contributed by atoms with Crippen LogP contribution < -0.4 is 0 Å². The fourth-order valence-electron chi connectivity index (χ4n) is 2.32. The Morgan fingerprint density at radius 1 is 1.30 bits per heavy atom. The predicted molar refractivity (Wildman–Crippen MR) is 83.2 cm³/mol. The summed E-state index contributed by atoms with van der Waals surface area (Å²) in [5.74, 6) is 0.303. The number of carbonyl (C=O) groups is 1. The average Bonchev–Trinajstić information content (AvgIpc) is 2.95. The van der Waals surface area contributed by atoms with Gasteiger partial charge in [-0.15, -0.1) is 22.7 Å². The quantitative estimate of drug-likeness (QED) is 0.786. The lowest BCUT2D eigenvalue weighted by atomic mass is 10.2. The van der Waals surface area contributed by atoms with Crippen LogP contribution in [0.5, 0.6) is 0 Å². The maximum absolute atomic E-state index is 12.4. The van der Waals surface area contributed by atoms with E-state index in [1.54, 1.807) is 22.7 Å². The van der Waals surface area contributed by atoms with E-state index in [1.807, 2.05) is 17.6 Å². The van der Waals surface area contributed by atoms with Gasteiger partial charge < -0.3 is 4.90 Å². The Balaban J connectivity index is 1.51. The molecule has 1 aliphatic rings. The third-order valence-corrected chi connectivity index (χ3v) is 5.30. The van der Waals surface area contributed by atoms with Gasteiger partial charge in [-0.3, -0.25) is 4.79 Å². The maximum atomic E-state index is 12.4. The van der Waals surface area contributed by atoms with Gasteiger partial charge in [-0.2, -0.15) is 0 Å². The molecule has 0 aliphatic heterocycles. The van der Waals surface area contributed by atoms with Crippen LogP contribution in [0.25, 0.3) is 0 Å². The molecule has 0 radical (unpaired) electrons. The third-order valence-electron chi connectivity index (χ3n) is 3.52. The monoisotopic (exact) mass is 306 g/mol. The van der Waals surface area contributed by atoms with E-state index < -0.39 is 0 Å². The predicted octanol–water partition coefficient (Wildman–Crippen LogP) is 3.37. The van der Waals surface area contributed by atoms with Crippen molar-refractivity contribution in [3.05, 3.63) is 39.0 Å². The number of aromatic nitrogens is 1. The molecule has 0 saturated heterocycles. The lowest BCUT2D eigenvalue weighted by molar-refractivity contribution is -0.131. The van der Waals surface area contributed by atoms with E-state index in [0.717, 1.165) is 24.4 Å². The maximum Gasteiger partial charge on any atom is 0.223 e. The smallest absolute Gasteiger partial charge is 0.223 e. The van der Waals surface area contributed by atoms with Gasteiger partial charge in [0.15, 0.2) is 0 Å². The van der Waals surface area contributed by atoms with Crippen molar-refractivity contribution < 1.29 is 4.79 Å². The molecule has 3 nitrogen and oxygen atoms in total. The molecule has 0 unspecified atom stereocenters. The third kappa shape index (κ3) is 3.67. The number of aryl methyl sites for hydroxylation is 1. The van der Waals surface area contributed by atoms with Crippen LogP contribution in [0.4, 0.5) is 0 Å². The Morgan fingerprint density at radius 3 is 2.85 bits per heavy atom. The average molecular weight is 306 g/mol. The van der Waals surface area contributed by atoms with Crippen molar-refractivity contribution in [2.75, 3.05) is 6.54 Å². The number of carbonyl (C=O) groups excluding carboxylic acids is 1. The highest BCUT2D eigenvalue weighted by Gasteiger charge is 2.31. The lowest BCUT2D eigenvalue weighted by Crippen LogP contribution is -2.35. The van der Waals surface area contributed by atoms with Gasteiger partial charge in [0.1, 0.15) is 0 Å². The van der Waals surface area contributed by atoms with E-state index in [0.29, 0.717) is 18.4 Å². The molecule has 1 fully saturated rings. The van der Waals surface area contributed by atoms with Gasteiger partial charge in [0, 0.05) is 41.9 Å². The van der Waals surface area contributed by atoms with E-state index in [1.165, 1.54) is 17.7 Å². The molecule has 1 saturated carbocycles. The molecule has 106 valence electrons. The topological polar surface area (TPSA) is 33.2 Å². The summed E-state index contributed by atoms with van der Waals surface area (Å²) in [5, 5.41) is 5.19. The summed E-state index contributed by atoms with van der Waals surface area (Å²) < 4.78 is 0. The van der Waals surface area contributed by atoms with Crippen LogP contribution in [0.3, 0.4) is 0 Å². The molecular formula is C15H18N2OS2. The molecule has 3 rings (SSSR count). The number of thiophene rings is 1. The molecule has 0 atom stereocenters. The van der Waals surface area contributed by atoms with E-state index in [9.17, 15) is 4.79 Å². The minimum absolute atomic E-state index is 0.303. The zero-order valence-corrected chi connectivity index (χ0v) is 13.0. The summed E-state index contributed by atoms with van der Waals surface area (Å²) in [6.45, 7) is 0.821. The molecule has 2 heterocycles. The molecular weight excluding hydrogens is 288 g/mol. The van der Waals surface area contributed by atoms with Crippen molar-refractivity contribution in [1.82, 2.24) is 9.88 Å². The molecule has 0 N–H and O–H groups in total. The van der Waals surface area contributed by atoms with Crippen LogP contribution >= 0.6 is 22.7 Å². The Kier molecular flexibility index (Phi) is 4.47. The fraction of sp³-hybridized carbons (Fsp3) is 0.467. The largest absolute Gasteiger partial charge is 0.339 e. The molecule has 2 aromatic heterocycles. The van der Waals surface area contributed by atoms with Crippen LogP contribution in [0.15, 0.2) is 29.1 Å². The van der Waals surface area contributed by atoms with Crippen molar-refractivity contribution in [3.63, 3.8) is 0 Å². The van der Waals surface area contributed by atoms with Gasteiger partial charge in [-0.05, 0) is 30.7 Å². The molecule has 0 aromatic carbocycles. The second-order valence-corrected chi connectivity index (χ2v) is 7.08. The Bertz CT molecular complexity index is 532. The number of hydrogen-bond donors (Lipinski definition) is 0. The minimum atomic E-state index is 0.303.